The van der Waals surface area contributed by atoms with Crippen LogP contribution in [0.15, 0.2) is 27.1 Å². The van der Waals surface area contributed by atoms with E-state index in [2.05, 4.69) is 0 Å². The molecule has 35 heavy (non-hydrogen) atoms. The molecule has 0 radical (unpaired) electrons. The van der Waals surface area contributed by atoms with Crippen molar-refractivity contribution in [3.63, 3.8) is 0 Å². The molecule has 0 saturated carbocycles. The maximum absolute atomic E-state index is 13.7. The largest absolute Gasteiger partial charge is 0.509 e. The molecule has 9 nitrogen and oxygen atoms in total. The molecular formula is C26H26O9. The van der Waals surface area contributed by atoms with Crippen LogP contribution in [0.25, 0.3) is 28.4 Å². The average Bonchev–Trinajstić information content (AvgIpc) is 3.03. The first kappa shape index (κ1) is 22.9. The van der Waals surface area contributed by atoms with Crippen LogP contribution in [0.2, 0.25) is 0 Å². The smallest absolute Gasteiger partial charge is 0.200 e. The van der Waals surface area contributed by atoms with E-state index < -0.39 is 33.9 Å². The van der Waals surface area contributed by atoms with Gasteiger partial charge in [0.05, 0.1) is 18.2 Å². The molecule has 3 aromatic rings. The zero-order valence-corrected chi connectivity index (χ0v) is 19.9. The Morgan fingerprint density at radius 3 is 2.49 bits per heavy atom. The van der Waals surface area contributed by atoms with Gasteiger partial charge in [0.2, 0.25) is 0 Å². The number of phenols is 3. The molecule has 2 aromatic carbocycles. The van der Waals surface area contributed by atoms with Gasteiger partial charge in [-0.05, 0) is 40.2 Å². The average molecular weight is 482 g/mol. The standard InChI is InChI=1S/C26H26O9/c1-25(2,32)17(30)7-10-13(27)8-14(28)19-21(31)11-6-12-18-20(23(11)34-22(10)19)16(33-5)9-15(29)24(18)35-26(12,3)4/h7-9,12,27-30,32H,6H2,1-5H3/t12-/m0/s1. The predicted molar refractivity (Wildman–Crippen MR) is 128 cm³/mol. The molecule has 5 N–H and O–H groups in total. The van der Waals surface area contributed by atoms with Crippen LogP contribution < -0.4 is 14.9 Å². The van der Waals surface area contributed by atoms with Gasteiger partial charge in [0.25, 0.3) is 0 Å². The Balaban J connectivity index is 1.93. The summed E-state index contributed by atoms with van der Waals surface area (Å²) in [5.74, 6) is -1.15. The van der Waals surface area contributed by atoms with Crippen molar-refractivity contribution in [2.75, 3.05) is 7.11 Å². The summed E-state index contributed by atoms with van der Waals surface area (Å²) in [6, 6.07) is 2.37. The minimum Gasteiger partial charge on any atom is -0.509 e. The number of hydrogen-bond donors (Lipinski definition) is 5. The molecule has 0 bridgehead atoms. The molecule has 2 heterocycles. The number of fused-ring (bicyclic) bond motifs is 3. The molecule has 0 fully saturated rings. The van der Waals surface area contributed by atoms with E-state index in [-0.39, 0.29) is 57.4 Å². The second kappa shape index (κ2) is 7.08. The number of ether oxygens (including phenoxy) is 2. The molecule has 0 spiro atoms. The van der Waals surface area contributed by atoms with Gasteiger partial charge in [-0.15, -0.1) is 0 Å². The molecule has 9 heteroatoms. The summed E-state index contributed by atoms with van der Waals surface area (Å²) in [6.45, 7) is 6.42. The maximum Gasteiger partial charge on any atom is 0.200 e. The normalized spacial score (nSPS) is 18.2. The van der Waals surface area contributed by atoms with Crippen LogP contribution in [0.3, 0.4) is 0 Å². The fourth-order valence-electron chi connectivity index (χ4n) is 4.94. The molecule has 184 valence electrons. The van der Waals surface area contributed by atoms with E-state index in [1.54, 1.807) is 0 Å². The van der Waals surface area contributed by atoms with Gasteiger partial charge < -0.3 is 39.4 Å². The number of aromatic hydroxyl groups is 3. The van der Waals surface area contributed by atoms with Crippen molar-refractivity contribution in [3.05, 3.63) is 44.8 Å². The number of benzene rings is 2. The van der Waals surface area contributed by atoms with E-state index >= 15 is 0 Å². The first-order valence-corrected chi connectivity index (χ1v) is 11.1. The van der Waals surface area contributed by atoms with Crippen molar-refractivity contribution < 1.29 is 39.4 Å². The third-order valence-corrected chi connectivity index (χ3v) is 6.83. The van der Waals surface area contributed by atoms with Crippen molar-refractivity contribution in [1.29, 1.82) is 0 Å². The zero-order valence-electron chi connectivity index (χ0n) is 19.9. The van der Waals surface area contributed by atoms with Crippen molar-refractivity contribution in [3.8, 4) is 40.1 Å². The van der Waals surface area contributed by atoms with Crippen LogP contribution >= 0.6 is 0 Å². The minimum atomic E-state index is -1.64. The molecule has 1 aliphatic carbocycles. The summed E-state index contributed by atoms with van der Waals surface area (Å²) in [7, 11) is 1.42. The Kier molecular flexibility index (Phi) is 4.64. The Morgan fingerprint density at radius 1 is 1.17 bits per heavy atom. The van der Waals surface area contributed by atoms with Gasteiger partial charge in [-0.25, -0.2) is 0 Å². The molecule has 5 rings (SSSR count). The first-order chi connectivity index (χ1) is 16.3. The van der Waals surface area contributed by atoms with Gasteiger partial charge in [-0.2, -0.15) is 0 Å². The van der Waals surface area contributed by atoms with E-state index in [1.165, 1.54) is 27.0 Å². The number of phenolic OH excluding ortho intramolecular Hbond substituents is 3. The fourth-order valence-corrected chi connectivity index (χ4v) is 4.94. The quantitative estimate of drug-likeness (QED) is 0.348. The maximum atomic E-state index is 13.7. The molecular weight excluding hydrogens is 456 g/mol. The third kappa shape index (κ3) is 3.15. The monoisotopic (exact) mass is 482 g/mol. The lowest BCUT2D eigenvalue weighted by molar-refractivity contribution is 0.0733. The van der Waals surface area contributed by atoms with Crippen LogP contribution in [0.4, 0.5) is 0 Å². The lowest BCUT2D eigenvalue weighted by Gasteiger charge is -2.30. The molecule has 0 saturated heterocycles. The van der Waals surface area contributed by atoms with Crippen molar-refractivity contribution in [2.45, 2.75) is 51.2 Å². The Bertz CT molecular complexity index is 1500. The van der Waals surface area contributed by atoms with E-state index in [0.717, 1.165) is 12.1 Å². The Hall–Kier alpha value is -3.85. The van der Waals surface area contributed by atoms with E-state index in [4.69, 9.17) is 13.9 Å². The van der Waals surface area contributed by atoms with Crippen molar-refractivity contribution >= 4 is 17.0 Å². The lowest BCUT2D eigenvalue weighted by atomic mass is 9.74. The van der Waals surface area contributed by atoms with Crippen molar-refractivity contribution in [2.24, 2.45) is 0 Å². The highest BCUT2D eigenvalue weighted by molar-refractivity contribution is 5.96. The fraction of sp³-hybridized carbons (Fsp3) is 0.346. The molecule has 0 amide bonds. The predicted octanol–water partition coefficient (Wildman–Crippen LogP) is 4.07. The summed E-state index contributed by atoms with van der Waals surface area (Å²) < 4.78 is 17.8. The second-order valence-electron chi connectivity index (χ2n) is 10.0. The molecule has 1 aromatic heterocycles. The minimum absolute atomic E-state index is 0.0922. The van der Waals surface area contributed by atoms with Crippen molar-refractivity contribution in [1.82, 2.24) is 0 Å². The van der Waals surface area contributed by atoms with Crippen LogP contribution in [0.1, 0.15) is 50.3 Å². The van der Waals surface area contributed by atoms with Gasteiger partial charge in [-0.3, -0.25) is 4.79 Å². The van der Waals surface area contributed by atoms with Crippen LogP contribution in [-0.2, 0) is 6.42 Å². The van der Waals surface area contributed by atoms with Gasteiger partial charge in [-0.1, -0.05) is 0 Å². The summed E-state index contributed by atoms with van der Waals surface area (Å²) in [6.07, 6.45) is 1.30. The van der Waals surface area contributed by atoms with E-state index in [1.807, 2.05) is 13.8 Å². The van der Waals surface area contributed by atoms with Gasteiger partial charge in [0, 0.05) is 29.2 Å². The highest BCUT2D eigenvalue weighted by atomic mass is 16.5. The number of rotatable bonds is 3. The van der Waals surface area contributed by atoms with Gasteiger partial charge in [0.15, 0.2) is 22.5 Å². The Morgan fingerprint density at radius 2 is 1.86 bits per heavy atom. The molecule has 1 atom stereocenters. The van der Waals surface area contributed by atoms with Crippen LogP contribution in [0.5, 0.6) is 28.7 Å². The number of methoxy groups -OCH3 is 1. The topological polar surface area (TPSA) is 150 Å². The second-order valence-corrected chi connectivity index (χ2v) is 10.0. The van der Waals surface area contributed by atoms with E-state index in [9.17, 15) is 30.3 Å². The zero-order chi connectivity index (χ0) is 25.6. The summed E-state index contributed by atoms with van der Waals surface area (Å²) in [4.78, 5) is 13.7. The molecule has 2 aliphatic rings. The highest BCUT2D eigenvalue weighted by Crippen LogP contribution is 2.59. The number of hydrogen-bond acceptors (Lipinski definition) is 9. The number of aliphatic hydroxyl groups excluding tert-OH is 1. The summed E-state index contributed by atoms with van der Waals surface area (Å²) in [5, 5.41) is 52.1. The summed E-state index contributed by atoms with van der Waals surface area (Å²) in [5.41, 5.74) is -1.81. The first-order valence-electron chi connectivity index (χ1n) is 11.1. The van der Waals surface area contributed by atoms with Gasteiger partial charge >= 0.3 is 0 Å². The Labute approximate surface area is 200 Å². The van der Waals surface area contributed by atoms with Crippen LogP contribution in [0, 0.1) is 0 Å². The van der Waals surface area contributed by atoms with Gasteiger partial charge in [0.1, 0.15) is 45.4 Å². The molecule has 1 aliphatic heterocycles. The highest BCUT2D eigenvalue weighted by Gasteiger charge is 2.49. The van der Waals surface area contributed by atoms with E-state index in [0.29, 0.717) is 11.1 Å². The lowest BCUT2D eigenvalue weighted by Crippen LogP contribution is -2.34. The third-order valence-electron chi connectivity index (χ3n) is 6.83. The SMILES string of the molecule is COc1cc(O)c2c3c1-c1oc4c(C=C(O)C(C)(C)O)c(O)cc(O)c4c(=O)c1C[C@@H]3C(C)(C)O2. The van der Waals surface area contributed by atoms with Crippen LogP contribution in [-0.4, -0.2) is 43.8 Å². The number of aliphatic hydroxyl groups is 2. The molecule has 0 unspecified atom stereocenters. The summed E-state index contributed by atoms with van der Waals surface area (Å²) >= 11 is 0.